The molecule has 0 bridgehead atoms. The second-order valence-electron chi connectivity index (χ2n) is 5.71. The Morgan fingerprint density at radius 3 is 2.31 bits per heavy atom. The van der Waals surface area contributed by atoms with Gasteiger partial charge in [-0.1, -0.05) is 0 Å². The molecule has 0 aromatic carbocycles. The van der Waals surface area contributed by atoms with Gasteiger partial charge in [-0.15, -0.1) is 0 Å². The van der Waals surface area contributed by atoms with Crippen molar-refractivity contribution in [3.63, 3.8) is 0 Å². The number of ether oxygens (including phenoxy) is 1. The molecule has 0 radical (unpaired) electrons. The van der Waals surface area contributed by atoms with Crippen LogP contribution in [0.3, 0.4) is 0 Å². The van der Waals surface area contributed by atoms with Gasteiger partial charge in [0.15, 0.2) is 0 Å². The minimum absolute atomic E-state index is 0.136. The first-order valence-electron chi connectivity index (χ1n) is 5.48. The molecule has 1 aliphatic carbocycles. The van der Waals surface area contributed by atoms with Gasteiger partial charge in [-0.05, 0) is 33.6 Å². The van der Waals surface area contributed by atoms with Gasteiger partial charge >= 0.3 is 12.1 Å². The minimum Gasteiger partial charge on any atom is -0.480 e. The highest BCUT2D eigenvalue weighted by atomic mass is 16.6. The van der Waals surface area contributed by atoms with E-state index in [0.29, 0.717) is 6.54 Å². The van der Waals surface area contributed by atoms with Crippen LogP contribution in [0.4, 0.5) is 4.79 Å². The number of nitrogens with zero attached hydrogens (tertiary/aromatic N) is 1. The van der Waals surface area contributed by atoms with E-state index in [0.717, 1.165) is 12.8 Å². The predicted octanol–water partition coefficient (Wildman–Crippen LogP) is 1.47. The number of amides is 1. The summed E-state index contributed by atoms with van der Waals surface area (Å²) in [6.45, 7) is 5.84. The molecule has 1 saturated heterocycles. The van der Waals surface area contributed by atoms with E-state index < -0.39 is 23.7 Å². The van der Waals surface area contributed by atoms with Gasteiger partial charge in [0.05, 0.1) is 0 Å². The van der Waals surface area contributed by atoms with Crippen molar-refractivity contribution in [1.29, 1.82) is 0 Å². The highest BCUT2D eigenvalue weighted by molar-refractivity contribution is 5.84. The van der Waals surface area contributed by atoms with E-state index in [1.54, 1.807) is 20.8 Å². The molecule has 1 N–H and O–H groups in total. The van der Waals surface area contributed by atoms with Crippen LogP contribution in [0.15, 0.2) is 0 Å². The number of hydrogen-bond acceptors (Lipinski definition) is 3. The Kier molecular flexibility index (Phi) is 2.19. The van der Waals surface area contributed by atoms with E-state index in [1.165, 1.54) is 4.90 Å². The molecule has 1 saturated carbocycles. The molecule has 2 fully saturated rings. The maximum absolute atomic E-state index is 11.7. The highest BCUT2D eigenvalue weighted by Crippen LogP contribution is 2.58. The number of carboxylic acid groups (broad SMARTS) is 1. The van der Waals surface area contributed by atoms with E-state index in [4.69, 9.17) is 9.84 Å². The molecular formula is C11H17NO4. The Balaban J connectivity index is 2.01. The van der Waals surface area contributed by atoms with Gasteiger partial charge in [-0.2, -0.15) is 0 Å². The lowest BCUT2D eigenvalue weighted by atomic mass is 9.85. The van der Waals surface area contributed by atoms with Crippen molar-refractivity contribution in [2.24, 2.45) is 5.41 Å². The van der Waals surface area contributed by atoms with Crippen LogP contribution in [0.1, 0.15) is 33.6 Å². The summed E-state index contributed by atoms with van der Waals surface area (Å²) < 4.78 is 5.17. The lowest BCUT2D eigenvalue weighted by Crippen LogP contribution is -2.64. The normalized spacial score (nSPS) is 26.2. The van der Waals surface area contributed by atoms with E-state index in [9.17, 15) is 9.59 Å². The average Bonchev–Trinajstić information content (AvgIpc) is 2.75. The van der Waals surface area contributed by atoms with Gasteiger partial charge in [0, 0.05) is 12.0 Å². The first-order chi connectivity index (χ1) is 7.25. The zero-order valence-corrected chi connectivity index (χ0v) is 9.82. The fraction of sp³-hybridized carbons (Fsp3) is 0.818. The van der Waals surface area contributed by atoms with Crippen molar-refractivity contribution in [2.45, 2.75) is 45.3 Å². The van der Waals surface area contributed by atoms with E-state index in [2.05, 4.69) is 0 Å². The maximum atomic E-state index is 11.7. The summed E-state index contributed by atoms with van der Waals surface area (Å²) in [5.74, 6) is -0.922. The Bertz CT molecular complexity index is 340. The van der Waals surface area contributed by atoms with Crippen molar-refractivity contribution in [3.05, 3.63) is 0 Å². The van der Waals surface area contributed by atoms with Crippen molar-refractivity contribution in [2.75, 3.05) is 6.54 Å². The highest BCUT2D eigenvalue weighted by Gasteiger charge is 2.65. The fourth-order valence-corrected chi connectivity index (χ4v) is 2.21. The molecule has 0 aromatic rings. The van der Waals surface area contributed by atoms with Crippen molar-refractivity contribution >= 4 is 12.1 Å². The third-order valence-electron chi connectivity index (χ3n) is 3.13. The third-order valence-corrected chi connectivity index (χ3v) is 3.13. The second-order valence-corrected chi connectivity index (χ2v) is 5.71. The topological polar surface area (TPSA) is 66.8 Å². The van der Waals surface area contributed by atoms with Crippen LogP contribution in [0.25, 0.3) is 0 Å². The van der Waals surface area contributed by atoms with Crippen molar-refractivity contribution < 1.29 is 19.4 Å². The number of likely N-dealkylation sites (tertiary alicyclic amines) is 1. The van der Waals surface area contributed by atoms with Gasteiger partial charge in [0.2, 0.25) is 0 Å². The summed E-state index contributed by atoms with van der Waals surface area (Å²) >= 11 is 0. The monoisotopic (exact) mass is 227 g/mol. The van der Waals surface area contributed by atoms with E-state index in [1.807, 2.05) is 0 Å². The molecule has 0 unspecified atom stereocenters. The van der Waals surface area contributed by atoms with Crippen molar-refractivity contribution in [3.8, 4) is 0 Å². The van der Waals surface area contributed by atoms with Gasteiger partial charge in [0.25, 0.3) is 0 Å². The quantitative estimate of drug-likeness (QED) is 0.736. The lowest BCUT2D eigenvalue weighted by molar-refractivity contribution is -0.154. The standard InChI is InChI=1S/C11H17NO4/c1-10(2,3)16-9(15)12-6-11(4-5-11)7(12)8(13)14/h7H,4-6H2,1-3H3,(H,13,14)/t7-/m0/s1. The van der Waals surface area contributed by atoms with Crippen LogP contribution in [-0.4, -0.2) is 40.3 Å². The molecule has 1 heterocycles. The Hall–Kier alpha value is -1.26. The number of aliphatic carboxylic acids is 1. The molecule has 5 heteroatoms. The molecule has 0 aromatic heterocycles. The zero-order valence-electron chi connectivity index (χ0n) is 9.82. The number of carbonyl (C=O) groups is 2. The van der Waals surface area contributed by atoms with Gasteiger partial charge in [-0.25, -0.2) is 9.59 Å². The first kappa shape index (κ1) is 11.2. The Morgan fingerprint density at radius 1 is 1.38 bits per heavy atom. The summed E-state index contributed by atoms with van der Waals surface area (Å²) in [4.78, 5) is 24.1. The van der Waals surface area contributed by atoms with Crippen LogP contribution < -0.4 is 0 Å². The summed E-state index contributed by atoms with van der Waals surface area (Å²) in [5, 5.41) is 9.08. The Labute approximate surface area is 94.4 Å². The summed E-state index contributed by atoms with van der Waals surface area (Å²) in [5.41, 5.74) is -0.713. The Morgan fingerprint density at radius 2 is 1.94 bits per heavy atom. The molecule has 2 aliphatic rings. The predicted molar refractivity (Wildman–Crippen MR) is 56.0 cm³/mol. The number of rotatable bonds is 1. The smallest absolute Gasteiger partial charge is 0.411 e. The van der Waals surface area contributed by atoms with E-state index in [-0.39, 0.29) is 5.41 Å². The second kappa shape index (κ2) is 3.12. The fourth-order valence-electron chi connectivity index (χ4n) is 2.21. The summed E-state index contributed by atoms with van der Waals surface area (Å²) in [7, 11) is 0. The molecule has 2 rings (SSSR count). The average molecular weight is 227 g/mol. The zero-order chi connectivity index (χ0) is 12.1. The lowest BCUT2D eigenvalue weighted by Gasteiger charge is -2.46. The number of hydrogen-bond donors (Lipinski definition) is 1. The molecule has 1 aliphatic heterocycles. The van der Waals surface area contributed by atoms with Crippen molar-refractivity contribution in [1.82, 2.24) is 4.90 Å². The van der Waals surface area contributed by atoms with Crippen LogP contribution in [0.5, 0.6) is 0 Å². The third kappa shape index (κ3) is 1.74. The van der Waals surface area contributed by atoms with Gasteiger partial charge in [0.1, 0.15) is 11.6 Å². The largest absolute Gasteiger partial charge is 0.480 e. The molecule has 90 valence electrons. The van der Waals surface area contributed by atoms with Crippen LogP contribution in [-0.2, 0) is 9.53 Å². The minimum atomic E-state index is -0.922. The van der Waals surface area contributed by atoms with Gasteiger partial charge < -0.3 is 9.84 Å². The number of carbonyl (C=O) groups excluding carboxylic acids is 1. The molecular weight excluding hydrogens is 210 g/mol. The van der Waals surface area contributed by atoms with Crippen LogP contribution in [0.2, 0.25) is 0 Å². The first-order valence-corrected chi connectivity index (χ1v) is 5.48. The van der Waals surface area contributed by atoms with Crippen LogP contribution >= 0.6 is 0 Å². The molecule has 1 spiro atoms. The van der Waals surface area contributed by atoms with Gasteiger partial charge in [-0.3, -0.25) is 4.90 Å². The molecule has 16 heavy (non-hydrogen) atoms. The number of carboxylic acids is 1. The molecule has 1 amide bonds. The SMILES string of the molecule is CC(C)(C)OC(=O)N1CC2(CC2)[C@@H]1C(=O)O. The maximum Gasteiger partial charge on any atom is 0.411 e. The molecule has 5 nitrogen and oxygen atoms in total. The molecule has 1 atom stereocenters. The summed E-state index contributed by atoms with van der Waals surface area (Å²) in [6.07, 6.45) is 1.30. The van der Waals surface area contributed by atoms with E-state index >= 15 is 0 Å². The van der Waals surface area contributed by atoms with Crippen LogP contribution in [0, 0.1) is 5.41 Å². The summed E-state index contributed by atoms with van der Waals surface area (Å²) in [6, 6.07) is -0.678.